The van der Waals surface area contributed by atoms with Crippen molar-refractivity contribution in [2.24, 2.45) is 0 Å². The van der Waals surface area contributed by atoms with Crippen LogP contribution in [0.1, 0.15) is 26.3 Å². The van der Waals surface area contributed by atoms with Gasteiger partial charge in [-0.15, -0.1) is 11.3 Å². The van der Waals surface area contributed by atoms with Crippen molar-refractivity contribution in [2.75, 3.05) is 0 Å². The molecule has 0 radical (unpaired) electrons. The van der Waals surface area contributed by atoms with Crippen molar-refractivity contribution in [1.82, 2.24) is 14.4 Å². The fraction of sp³-hybridized carbons (Fsp3) is 0.125. The van der Waals surface area contributed by atoms with Gasteiger partial charge in [-0.2, -0.15) is 0 Å². The lowest BCUT2D eigenvalue weighted by atomic mass is 9.85. The number of hydrogen-bond acceptors (Lipinski definition) is 3. The Morgan fingerprint density at radius 3 is 2.42 bits per heavy atom. The van der Waals surface area contributed by atoms with Gasteiger partial charge in [0.1, 0.15) is 5.65 Å². The van der Waals surface area contributed by atoms with E-state index >= 15 is 0 Å². The van der Waals surface area contributed by atoms with Crippen LogP contribution in [0.3, 0.4) is 0 Å². The Bertz CT molecular complexity index is 2130. The van der Waals surface area contributed by atoms with Gasteiger partial charge in [0.05, 0.1) is 16.7 Å². The Morgan fingerprint density at radius 2 is 1.58 bits per heavy atom. The van der Waals surface area contributed by atoms with Crippen molar-refractivity contribution in [3.8, 4) is 11.3 Å². The van der Waals surface area contributed by atoms with Crippen LogP contribution in [-0.2, 0) is 5.41 Å². The van der Waals surface area contributed by atoms with Crippen molar-refractivity contribution in [1.29, 1.82) is 0 Å². The first-order valence-corrected chi connectivity index (χ1v) is 13.2. The van der Waals surface area contributed by atoms with E-state index in [0.717, 1.165) is 16.9 Å². The minimum Gasteiger partial charge on any atom is -0.293 e. The van der Waals surface area contributed by atoms with Gasteiger partial charge < -0.3 is 0 Å². The molecule has 0 saturated heterocycles. The maximum atomic E-state index is 5.04. The molecule has 3 nitrogen and oxygen atoms in total. The number of rotatable bonds is 1. The fourth-order valence-electron chi connectivity index (χ4n) is 5.78. The van der Waals surface area contributed by atoms with Crippen LogP contribution in [0.5, 0.6) is 0 Å². The molecule has 36 heavy (non-hydrogen) atoms. The molecular formula is C32H23N3S. The van der Waals surface area contributed by atoms with E-state index in [4.69, 9.17) is 4.98 Å². The summed E-state index contributed by atoms with van der Waals surface area (Å²) in [5.74, 6) is 0. The monoisotopic (exact) mass is 481 g/mol. The van der Waals surface area contributed by atoms with Crippen molar-refractivity contribution in [3.63, 3.8) is 0 Å². The van der Waals surface area contributed by atoms with E-state index in [9.17, 15) is 0 Å². The molecule has 0 aliphatic rings. The molecule has 0 aliphatic carbocycles. The number of benzene rings is 3. The summed E-state index contributed by atoms with van der Waals surface area (Å²) < 4.78 is 5.08. The Labute approximate surface area is 212 Å². The summed E-state index contributed by atoms with van der Waals surface area (Å²) in [6.07, 6.45) is 3.81. The van der Waals surface area contributed by atoms with Gasteiger partial charge in [-0.05, 0) is 53.4 Å². The SMILES string of the molecule is CC(C)(C)c1cc2c3cc(-c4ccccn4)cnc3n3c4ccc5c6ccccc6sc5c4c(c1)c23. The van der Waals surface area contributed by atoms with Crippen LogP contribution in [0, 0.1) is 0 Å². The molecule has 172 valence electrons. The van der Waals surface area contributed by atoms with Gasteiger partial charge in [0.2, 0.25) is 0 Å². The highest BCUT2D eigenvalue weighted by molar-refractivity contribution is 7.26. The van der Waals surface area contributed by atoms with E-state index in [0.29, 0.717) is 0 Å². The third kappa shape index (κ3) is 2.57. The quantitative estimate of drug-likeness (QED) is 0.234. The number of nitrogens with zero attached hydrogens (tertiary/aromatic N) is 3. The van der Waals surface area contributed by atoms with E-state index in [-0.39, 0.29) is 5.41 Å². The minimum absolute atomic E-state index is 0.0297. The Kier molecular flexibility index (Phi) is 3.82. The lowest BCUT2D eigenvalue weighted by Gasteiger charge is -2.19. The highest BCUT2D eigenvalue weighted by Gasteiger charge is 2.24. The maximum absolute atomic E-state index is 5.04. The average molecular weight is 482 g/mol. The van der Waals surface area contributed by atoms with Crippen LogP contribution in [0.25, 0.3) is 69.7 Å². The molecule has 8 rings (SSSR count). The van der Waals surface area contributed by atoms with Gasteiger partial charge in [0.25, 0.3) is 0 Å². The van der Waals surface area contributed by atoms with E-state index in [1.54, 1.807) is 0 Å². The lowest BCUT2D eigenvalue weighted by molar-refractivity contribution is 0.592. The molecule has 8 aromatic rings. The van der Waals surface area contributed by atoms with Crippen molar-refractivity contribution in [3.05, 3.63) is 90.8 Å². The van der Waals surface area contributed by atoms with Gasteiger partial charge in [-0.1, -0.05) is 51.1 Å². The van der Waals surface area contributed by atoms with Gasteiger partial charge >= 0.3 is 0 Å². The Balaban J connectivity index is 1.60. The Hall–Kier alpha value is -4.02. The Morgan fingerprint density at radius 1 is 0.750 bits per heavy atom. The molecule has 0 atom stereocenters. The second kappa shape index (κ2) is 6.80. The van der Waals surface area contributed by atoms with Crippen LogP contribution >= 0.6 is 11.3 Å². The summed E-state index contributed by atoms with van der Waals surface area (Å²) >= 11 is 1.90. The number of aromatic nitrogens is 3. The molecule has 3 aromatic carbocycles. The summed E-state index contributed by atoms with van der Waals surface area (Å²) in [5, 5.41) is 7.79. The minimum atomic E-state index is 0.0297. The molecule has 4 heteroatoms. The van der Waals surface area contributed by atoms with Crippen molar-refractivity contribution < 1.29 is 0 Å². The highest BCUT2D eigenvalue weighted by atomic mass is 32.1. The summed E-state index contributed by atoms with van der Waals surface area (Å²) in [6.45, 7) is 6.90. The fourth-order valence-corrected chi connectivity index (χ4v) is 7.04. The van der Waals surface area contributed by atoms with E-state index < -0.39 is 0 Å². The summed E-state index contributed by atoms with van der Waals surface area (Å²) in [5.41, 5.74) is 6.88. The van der Waals surface area contributed by atoms with Crippen molar-refractivity contribution >= 4 is 69.7 Å². The number of pyridine rings is 2. The summed E-state index contributed by atoms with van der Waals surface area (Å²) in [7, 11) is 0. The lowest BCUT2D eigenvalue weighted by Crippen LogP contribution is -2.10. The smallest absolute Gasteiger partial charge is 0.145 e. The van der Waals surface area contributed by atoms with Crippen LogP contribution in [0.15, 0.2) is 85.2 Å². The molecule has 0 bridgehead atoms. The molecule has 0 amide bonds. The first kappa shape index (κ1) is 20.2. The normalized spacial score (nSPS) is 12.9. The van der Waals surface area contributed by atoms with Gasteiger partial charge in [0.15, 0.2) is 0 Å². The second-order valence-electron chi connectivity index (χ2n) is 10.8. The van der Waals surface area contributed by atoms with Gasteiger partial charge in [-0.3, -0.25) is 9.38 Å². The molecule has 5 aromatic heterocycles. The highest BCUT2D eigenvalue weighted by Crippen LogP contribution is 2.46. The zero-order chi connectivity index (χ0) is 24.2. The zero-order valence-corrected chi connectivity index (χ0v) is 21.1. The van der Waals surface area contributed by atoms with Crippen LogP contribution in [-0.4, -0.2) is 14.4 Å². The largest absolute Gasteiger partial charge is 0.293 e. The molecule has 0 saturated carbocycles. The summed E-state index contributed by atoms with van der Waals surface area (Å²) in [6, 6.07) is 26.4. The van der Waals surface area contributed by atoms with E-state index in [2.05, 4.69) is 84.8 Å². The van der Waals surface area contributed by atoms with Crippen LogP contribution < -0.4 is 0 Å². The predicted molar refractivity (Wildman–Crippen MR) is 154 cm³/mol. The second-order valence-corrected chi connectivity index (χ2v) is 11.8. The van der Waals surface area contributed by atoms with E-state index in [1.165, 1.54) is 58.3 Å². The first-order chi connectivity index (χ1) is 17.5. The molecular weight excluding hydrogens is 458 g/mol. The van der Waals surface area contributed by atoms with E-state index in [1.807, 2.05) is 41.9 Å². The zero-order valence-electron chi connectivity index (χ0n) is 20.3. The molecule has 0 unspecified atom stereocenters. The molecule has 0 spiro atoms. The summed E-state index contributed by atoms with van der Waals surface area (Å²) in [4.78, 5) is 9.62. The third-order valence-electron chi connectivity index (χ3n) is 7.56. The van der Waals surface area contributed by atoms with Crippen molar-refractivity contribution in [2.45, 2.75) is 26.2 Å². The van der Waals surface area contributed by atoms with Crippen LogP contribution in [0.4, 0.5) is 0 Å². The molecule has 5 heterocycles. The number of fused-ring (bicyclic) bond motifs is 10. The maximum Gasteiger partial charge on any atom is 0.145 e. The molecule has 0 fully saturated rings. The number of thiophene rings is 1. The molecule has 0 aliphatic heterocycles. The van der Waals surface area contributed by atoms with Gasteiger partial charge in [-0.25, -0.2) is 4.98 Å². The standard InChI is InChI=1S/C32H23N3S/c1-32(2,3)19-15-22-23-14-18(25-9-6-7-13-33-25)17-34-31(23)35-26-12-11-21-20-8-4-5-10-27(20)36-30(21)28(26)24(16-19)29(22)35/h4-17H,1-3H3. The predicted octanol–water partition coefficient (Wildman–Crippen LogP) is 8.96. The van der Waals surface area contributed by atoms with Gasteiger partial charge in [0, 0.05) is 59.7 Å². The topological polar surface area (TPSA) is 30.2 Å². The average Bonchev–Trinajstić information content (AvgIpc) is 3.54. The first-order valence-electron chi connectivity index (χ1n) is 12.3. The van der Waals surface area contributed by atoms with Crippen LogP contribution in [0.2, 0.25) is 0 Å². The molecule has 0 N–H and O–H groups in total. The third-order valence-corrected chi connectivity index (χ3v) is 8.77. The number of hydrogen-bond donors (Lipinski definition) is 0.